The molecule has 10 nitrogen and oxygen atoms in total. The first-order valence-corrected chi connectivity index (χ1v) is 10.3. The molecule has 166 valence electrons. The summed E-state index contributed by atoms with van der Waals surface area (Å²) >= 11 is 6.92. The van der Waals surface area contributed by atoms with Crippen molar-refractivity contribution in [1.29, 1.82) is 0 Å². The maximum absolute atomic E-state index is 12.8. The lowest BCUT2D eigenvalue weighted by atomic mass is 10.2. The van der Waals surface area contributed by atoms with Gasteiger partial charge in [0.25, 0.3) is 11.6 Å². The van der Waals surface area contributed by atoms with Crippen molar-refractivity contribution < 1.29 is 28.8 Å². The molecule has 0 atom stereocenters. The maximum atomic E-state index is 12.8. The van der Waals surface area contributed by atoms with Gasteiger partial charge in [-0.15, -0.1) is 0 Å². The molecule has 1 aromatic heterocycles. The van der Waals surface area contributed by atoms with E-state index in [0.29, 0.717) is 10.2 Å². The molecule has 0 saturated carbocycles. The first-order valence-electron chi connectivity index (χ1n) is 9.15. The highest BCUT2D eigenvalue weighted by atomic mass is 35.5. The Kier molecular flexibility index (Phi) is 7.01. The number of nitro groups is 1. The monoisotopic (exact) mass is 477 g/mol. The SMILES string of the molecule is CCOC(=O)c1ccc2c(c1)sc(=NC(=O)c1cc(Cl)ccc1[N+](=O)[O-])n2CC(=O)OC. The molecule has 0 unspecified atom stereocenters. The van der Waals surface area contributed by atoms with Crippen molar-refractivity contribution in [2.45, 2.75) is 13.5 Å². The van der Waals surface area contributed by atoms with Crippen LogP contribution in [-0.4, -0.2) is 41.1 Å². The molecule has 0 spiro atoms. The summed E-state index contributed by atoms with van der Waals surface area (Å²) in [4.78, 5) is 51.5. The highest BCUT2D eigenvalue weighted by Crippen LogP contribution is 2.24. The van der Waals surface area contributed by atoms with E-state index < -0.39 is 28.5 Å². The number of thiazole rings is 1. The van der Waals surface area contributed by atoms with Gasteiger partial charge >= 0.3 is 11.9 Å². The summed E-state index contributed by atoms with van der Waals surface area (Å²) in [5, 5.41) is 11.4. The number of hydrogen-bond acceptors (Lipinski definition) is 8. The average Bonchev–Trinajstić information content (AvgIpc) is 3.09. The van der Waals surface area contributed by atoms with E-state index in [1.54, 1.807) is 19.1 Å². The molecular formula is C20H16ClN3O7S. The molecule has 0 radical (unpaired) electrons. The fourth-order valence-corrected chi connectivity index (χ4v) is 4.07. The number of benzene rings is 2. The number of hydrogen-bond donors (Lipinski definition) is 0. The van der Waals surface area contributed by atoms with Crippen LogP contribution in [0.25, 0.3) is 10.2 Å². The molecule has 0 aliphatic rings. The lowest BCUT2D eigenvalue weighted by Crippen LogP contribution is -2.22. The van der Waals surface area contributed by atoms with E-state index >= 15 is 0 Å². The second-order valence-electron chi connectivity index (χ2n) is 6.29. The average molecular weight is 478 g/mol. The van der Waals surface area contributed by atoms with E-state index in [4.69, 9.17) is 21.1 Å². The summed E-state index contributed by atoms with van der Waals surface area (Å²) in [7, 11) is 1.22. The minimum absolute atomic E-state index is 0.0886. The van der Waals surface area contributed by atoms with Crippen LogP contribution in [0.5, 0.6) is 0 Å². The summed E-state index contributed by atoms with van der Waals surface area (Å²) in [6.45, 7) is 1.62. The lowest BCUT2D eigenvalue weighted by molar-refractivity contribution is -0.385. The molecule has 32 heavy (non-hydrogen) atoms. The molecule has 0 aliphatic carbocycles. The van der Waals surface area contributed by atoms with Crippen molar-refractivity contribution in [3.63, 3.8) is 0 Å². The molecule has 0 saturated heterocycles. The van der Waals surface area contributed by atoms with E-state index in [9.17, 15) is 24.5 Å². The molecule has 3 aromatic rings. The minimum Gasteiger partial charge on any atom is -0.468 e. The molecule has 1 heterocycles. The van der Waals surface area contributed by atoms with E-state index in [0.717, 1.165) is 23.5 Å². The topological polar surface area (TPSA) is 130 Å². The van der Waals surface area contributed by atoms with Gasteiger partial charge in [-0.2, -0.15) is 4.99 Å². The van der Waals surface area contributed by atoms with Crippen molar-refractivity contribution in [3.05, 3.63) is 67.5 Å². The van der Waals surface area contributed by atoms with E-state index in [1.807, 2.05) is 0 Å². The third-order valence-electron chi connectivity index (χ3n) is 4.29. The normalized spacial score (nSPS) is 11.4. The van der Waals surface area contributed by atoms with Gasteiger partial charge < -0.3 is 14.0 Å². The van der Waals surface area contributed by atoms with Crippen molar-refractivity contribution >= 4 is 56.7 Å². The Morgan fingerprint density at radius 1 is 1.22 bits per heavy atom. The number of halogens is 1. The molecule has 1 amide bonds. The molecule has 12 heteroatoms. The number of esters is 2. The number of aromatic nitrogens is 1. The Labute approximate surface area is 189 Å². The standard InChI is InChI=1S/C20H16ClN3O7S/c1-3-31-19(27)11-4-6-15-16(8-11)32-20(23(15)10-17(25)30-2)22-18(26)13-9-12(21)5-7-14(13)24(28)29/h4-9H,3,10H2,1-2H3. The summed E-state index contributed by atoms with van der Waals surface area (Å²) < 4.78 is 11.7. The Morgan fingerprint density at radius 2 is 1.97 bits per heavy atom. The van der Waals surface area contributed by atoms with Crippen molar-refractivity contribution in [2.75, 3.05) is 13.7 Å². The first kappa shape index (κ1) is 23.1. The number of fused-ring (bicyclic) bond motifs is 1. The Hall–Kier alpha value is -3.57. The summed E-state index contributed by atoms with van der Waals surface area (Å²) in [5.41, 5.74) is 0.0555. The summed E-state index contributed by atoms with van der Waals surface area (Å²) in [6, 6.07) is 8.23. The number of methoxy groups -OCH3 is 1. The number of nitro benzene ring substituents is 1. The van der Waals surface area contributed by atoms with Crippen LogP contribution in [0.4, 0.5) is 5.69 Å². The summed E-state index contributed by atoms with van der Waals surface area (Å²) in [6.07, 6.45) is 0. The third kappa shape index (κ3) is 4.84. The predicted molar refractivity (Wildman–Crippen MR) is 116 cm³/mol. The quantitative estimate of drug-likeness (QED) is 0.302. The summed E-state index contributed by atoms with van der Waals surface area (Å²) in [5.74, 6) is -2.02. The van der Waals surface area contributed by atoms with Crippen molar-refractivity contribution in [1.82, 2.24) is 4.57 Å². The zero-order valence-corrected chi connectivity index (χ0v) is 18.4. The van der Waals surface area contributed by atoms with Crippen LogP contribution >= 0.6 is 22.9 Å². The second kappa shape index (κ2) is 9.71. The van der Waals surface area contributed by atoms with Crippen LogP contribution in [0.2, 0.25) is 5.02 Å². The lowest BCUT2D eigenvalue weighted by Gasteiger charge is -2.05. The van der Waals surface area contributed by atoms with Gasteiger partial charge in [0.15, 0.2) is 4.80 Å². The predicted octanol–water partition coefficient (Wildman–Crippen LogP) is 3.36. The van der Waals surface area contributed by atoms with Crippen LogP contribution in [0, 0.1) is 10.1 Å². The van der Waals surface area contributed by atoms with Crippen molar-refractivity contribution in [3.8, 4) is 0 Å². The van der Waals surface area contributed by atoms with Gasteiger partial charge in [0.1, 0.15) is 12.1 Å². The Balaban J connectivity index is 2.18. The van der Waals surface area contributed by atoms with Gasteiger partial charge in [0.05, 0.1) is 34.4 Å². The molecule has 3 rings (SSSR count). The number of carbonyl (C=O) groups is 3. The third-order valence-corrected chi connectivity index (χ3v) is 5.57. The largest absolute Gasteiger partial charge is 0.468 e. The molecule has 2 aromatic carbocycles. The van der Waals surface area contributed by atoms with E-state index in [2.05, 4.69) is 4.99 Å². The zero-order valence-electron chi connectivity index (χ0n) is 16.9. The van der Waals surface area contributed by atoms with E-state index in [1.165, 1.54) is 23.8 Å². The fourth-order valence-electron chi connectivity index (χ4n) is 2.83. The Morgan fingerprint density at radius 3 is 2.62 bits per heavy atom. The molecule has 0 N–H and O–H groups in total. The van der Waals surface area contributed by atoms with Gasteiger partial charge in [-0.1, -0.05) is 22.9 Å². The minimum atomic E-state index is -0.907. The van der Waals surface area contributed by atoms with Crippen LogP contribution in [0.15, 0.2) is 41.4 Å². The fraction of sp³-hybridized carbons (Fsp3) is 0.200. The first-order chi connectivity index (χ1) is 15.2. The molecular weight excluding hydrogens is 462 g/mol. The number of nitrogens with zero attached hydrogens (tertiary/aromatic N) is 3. The number of amides is 1. The maximum Gasteiger partial charge on any atom is 0.338 e. The zero-order chi connectivity index (χ0) is 23.4. The number of rotatable bonds is 6. The molecule has 0 bridgehead atoms. The Bertz CT molecular complexity index is 1310. The van der Waals surface area contributed by atoms with Gasteiger partial charge in [0, 0.05) is 11.1 Å². The van der Waals surface area contributed by atoms with Crippen LogP contribution in [-0.2, 0) is 20.8 Å². The van der Waals surface area contributed by atoms with Gasteiger partial charge in [-0.05, 0) is 37.3 Å². The number of ether oxygens (including phenoxy) is 2. The van der Waals surface area contributed by atoms with E-state index in [-0.39, 0.29) is 34.1 Å². The van der Waals surface area contributed by atoms with Crippen molar-refractivity contribution in [2.24, 2.45) is 4.99 Å². The highest BCUT2D eigenvalue weighted by Gasteiger charge is 2.21. The number of carbonyl (C=O) groups excluding carboxylic acids is 3. The highest BCUT2D eigenvalue weighted by molar-refractivity contribution is 7.16. The smallest absolute Gasteiger partial charge is 0.338 e. The second-order valence-corrected chi connectivity index (χ2v) is 7.73. The van der Waals surface area contributed by atoms with Crippen LogP contribution in [0.1, 0.15) is 27.6 Å². The van der Waals surface area contributed by atoms with Crippen LogP contribution in [0.3, 0.4) is 0 Å². The van der Waals surface area contributed by atoms with Gasteiger partial charge in [0.2, 0.25) is 0 Å². The van der Waals surface area contributed by atoms with Gasteiger partial charge in [-0.3, -0.25) is 19.7 Å². The molecule has 0 fully saturated rings. The van der Waals surface area contributed by atoms with Gasteiger partial charge in [-0.25, -0.2) is 4.79 Å². The molecule has 0 aliphatic heterocycles. The van der Waals surface area contributed by atoms with Crippen LogP contribution < -0.4 is 4.80 Å².